The van der Waals surface area contributed by atoms with E-state index in [2.05, 4.69) is 41.2 Å². The largest absolute Gasteiger partial charge is 0.353 e. The summed E-state index contributed by atoms with van der Waals surface area (Å²) in [6.45, 7) is 0.983. The van der Waals surface area contributed by atoms with Crippen LogP contribution in [0.15, 0.2) is 53.5 Å². The van der Waals surface area contributed by atoms with E-state index < -0.39 is 0 Å². The van der Waals surface area contributed by atoms with Crippen molar-refractivity contribution in [2.24, 2.45) is 4.99 Å². The first kappa shape index (κ1) is 15.7. The van der Waals surface area contributed by atoms with Crippen LogP contribution in [-0.4, -0.2) is 28.9 Å². The second kappa shape index (κ2) is 6.95. The maximum atomic E-state index is 6.22. The Morgan fingerprint density at radius 2 is 1.91 bits per heavy atom. The van der Waals surface area contributed by atoms with Crippen molar-refractivity contribution >= 4 is 45.8 Å². The molecule has 2 aromatic carbocycles. The summed E-state index contributed by atoms with van der Waals surface area (Å²) < 4.78 is 0. The highest BCUT2D eigenvalue weighted by molar-refractivity contribution is 8.14. The van der Waals surface area contributed by atoms with Gasteiger partial charge in [-0.2, -0.15) is 0 Å². The first-order valence-electron chi connectivity index (χ1n) is 7.08. The second-order valence-corrected chi connectivity index (χ2v) is 7.33. The van der Waals surface area contributed by atoms with Gasteiger partial charge in [0.2, 0.25) is 0 Å². The number of rotatable bonds is 3. The van der Waals surface area contributed by atoms with Gasteiger partial charge in [0.05, 0.1) is 15.7 Å². The predicted octanol–water partition coefficient (Wildman–Crippen LogP) is 5.27. The van der Waals surface area contributed by atoms with Gasteiger partial charge in [-0.1, -0.05) is 71.4 Å². The number of amidine groups is 1. The summed E-state index contributed by atoms with van der Waals surface area (Å²) in [6.07, 6.45) is 1.04. The molecule has 1 saturated heterocycles. The Bertz CT molecular complexity index is 688. The molecule has 0 aromatic heterocycles. The van der Waals surface area contributed by atoms with Crippen LogP contribution in [0, 0.1) is 0 Å². The van der Waals surface area contributed by atoms with Crippen molar-refractivity contribution in [1.29, 1.82) is 0 Å². The summed E-state index contributed by atoms with van der Waals surface area (Å²) in [6, 6.07) is 16.1. The quantitative estimate of drug-likeness (QED) is 0.749. The van der Waals surface area contributed by atoms with Gasteiger partial charge in [-0.25, -0.2) is 4.99 Å². The summed E-state index contributed by atoms with van der Waals surface area (Å²) in [5, 5.41) is 2.54. The van der Waals surface area contributed by atoms with Crippen LogP contribution in [0.5, 0.6) is 0 Å². The van der Waals surface area contributed by atoms with Crippen LogP contribution >= 0.6 is 35.0 Å². The van der Waals surface area contributed by atoms with Crippen LogP contribution in [0.3, 0.4) is 0 Å². The van der Waals surface area contributed by atoms with Gasteiger partial charge in [0.1, 0.15) is 0 Å². The zero-order valence-electron chi connectivity index (χ0n) is 12.2. The SMILES string of the molecule is CN1CC(Cc2ccccc2)SC1=Nc1cccc(Cl)c1Cl. The van der Waals surface area contributed by atoms with Crippen molar-refractivity contribution in [3.05, 3.63) is 64.1 Å². The van der Waals surface area contributed by atoms with Gasteiger partial charge in [0.15, 0.2) is 5.17 Å². The molecule has 1 atom stereocenters. The number of nitrogens with zero attached hydrogens (tertiary/aromatic N) is 2. The van der Waals surface area contributed by atoms with E-state index in [1.54, 1.807) is 17.8 Å². The topological polar surface area (TPSA) is 15.6 Å². The second-order valence-electron chi connectivity index (χ2n) is 5.28. The standard InChI is InChI=1S/C17H16Cl2N2S/c1-21-11-13(10-12-6-3-2-4-7-12)22-17(21)20-15-9-5-8-14(18)16(15)19/h2-9,13H,10-11H2,1H3. The molecule has 2 aromatic rings. The maximum Gasteiger partial charge on any atom is 0.164 e. The molecule has 1 fully saturated rings. The number of thioether (sulfide) groups is 1. The molecule has 0 N–H and O–H groups in total. The van der Waals surface area contributed by atoms with Crippen molar-refractivity contribution in [1.82, 2.24) is 4.90 Å². The fourth-order valence-electron chi connectivity index (χ4n) is 2.44. The minimum atomic E-state index is 0.504. The molecule has 0 aliphatic carbocycles. The highest BCUT2D eigenvalue weighted by atomic mass is 35.5. The Morgan fingerprint density at radius 1 is 1.14 bits per heavy atom. The van der Waals surface area contributed by atoms with Gasteiger partial charge in [-0.15, -0.1) is 0 Å². The molecule has 22 heavy (non-hydrogen) atoms. The molecular weight excluding hydrogens is 335 g/mol. The molecule has 1 unspecified atom stereocenters. The van der Waals surface area contributed by atoms with Crippen molar-refractivity contribution in [3.63, 3.8) is 0 Å². The van der Waals surface area contributed by atoms with E-state index >= 15 is 0 Å². The molecular formula is C17H16Cl2N2S. The molecule has 0 spiro atoms. The van der Waals surface area contributed by atoms with Gasteiger partial charge in [0, 0.05) is 18.8 Å². The van der Waals surface area contributed by atoms with Crippen molar-refractivity contribution in [2.45, 2.75) is 11.7 Å². The Balaban J connectivity index is 1.76. The van der Waals surface area contributed by atoms with Crippen LogP contribution < -0.4 is 0 Å². The molecule has 5 heteroatoms. The minimum absolute atomic E-state index is 0.504. The van der Waals surface area contributed by atoms with Crippen LogP contribution in [-0.2, 0) is 6.42 Å². The van der Waals surface area contributed by atoms with Crippen LogP contribution in [0.1, 0.15) is 5.56 Å². The van der Waals surface area contributed by atoms with E-state index in [-0.39, 0.29) is 0 Å². The van der Waals surface area contributed by atoms with Crippen molar-refractivity contribution < 1.29 is 0 Å². The lowest BCUT2D eigenvalue weighted by Gasteiger charge is -2.11. The lowest BCUT2D eigenvalue weighted by molar-refractivity contribution is 0.521. The molecule has 3 rings (SSSR count). The van der Waals surface area contributed by atoms with Crippen LogP contribution in [0.4, 0.5) is 5.69 Å². The zero-order chi connectivity index (χ0) is 15.5. The monoisotopic (exact) mass is 350 g/mol. The summed E-state index contributed by atoms with van der Waals surface area (Å²) in [5.41, 5.74) is 2.08. The molecule has 0 radical (unpaired) electrons. The van der Waals surface area contributed by atoms with Gasteiger partial charge < -0.3 is 4.90 Å². The molecule has 2 nitrogen and oxygen atoms in total. The molecule has 1 heterocycles. The van der Waals surface area contributed by atoms with E-state index in [1.807, 2.05) is 18.2 Å². The Labute approximate surface area is 145 Å². The predicted molar refractivity (Wildman–Crippen MR) is 97.7 cm³/mol. The lowest BCUT2D eigenvalue weighted by atomic mass is 10.1. The number of aliphatic imine (C=N–C) groups is 1. The Kier molecular flexibility index (Phi) is 4.97. The Hall–Kier alpha value is -1.16. The van der Waals surface area contributed by atoms with Crippen molar-refractivity contribution in [3.8, 4) is 0 Å². The van der Waals surface area contributed by atoms with E-state index in [1.165, 1.54) is 5.56 Å². The van der Waals surface area contributed by atoms with Gasteiger partial charge >= 0.3 is 0 Å². The fraction of sp³-hybridized carbons (Fsp3) is 0.235. The number of hydrogen-bond donors (Lipinski definition) is 0. The summed E-state index contributed by atoms with van der Waals surface area (Å²) in [5.74, 6) is 0. The average molecular weight is 351 g/mol. The summed E-state index contributed by atoms with van der Waals surface area (Å²) in [7, 11) is 2.06. The molecule has 0 saturated carbocycles. The first-order valence-corrected chi connectivity index (χ1v) is 8.71. The van der Waals surface area contributed by atoms with Crippen LogP contribution in [0.25, 0.3) is 0 Å². The zero-order valence-corrected chi connectivity index (χ0v) is 14.5. The first-order chi connectivity index (χ1) is 10.6. The number of hydrogen-bond acceptors (Lipinski definition) is 2. The molecule has 0 bridgehead atoms. The normalized spacial score (nSPS) is 19.9. The van der Waals surface area contributed by atoms with Crippen LogP contribution in [0.2, 0.25) is 10.0 Å². The van der Waals surface area contributed by atoms with E-state index in [0.717, 1.165) is 23.8 Å². The Morgan fingerprint density at radius 3 is 2.68 bits per heavy atom. The van der Waals surface area contributed by atoms with E-state index in [0.29, 0.717) is 15.3 Å². The van der Waals surface area contributed by atoms with Gasteiger partial charge in [0.25, 0.3) is 0 Å². The third-order valence-corrected chi connectivity index (χ3v) is 5.60. The molecule has 1 aliphatic heterocycles. The van der Waals surface area contributed by atoms with E-state index in [9.17, 15) is 0 Å². The average Bonchev–Trinajstić information content (AvgIpc) is 2.85. The van der Waals surface area contributed by atoms with E-state index in [4.69, 9.17) is 23.2 Å². The summed E-state index contributed by atoms with van der Waals surface area (Å²) in [4.78, 5) is 6.86. The number of halogens is 2. The molecule has 114 valence electrons. The molecule has 0 amide bonds. The van der Waals surface area contributed by atoms with Gasteiger partial charge in [-0.05, 0) is 24.1 Å². The third-order valence-electron chi connectivity index (χ3n) is 3.53. The lowest BCUT2D eigenvalue weighted by Crippen LogP contribution is -2.21. The summed E-state index contributed by atoms with van der Waals surface area (Å²) >= 11 is 14.1. The minimum Gasteiger partial charge on any atom is -0.353 e. The fourth-order valence-corrected chi connectivity index (χ4v) is 4.05. The third kappa shape index (κ3) is 3.60. The maximum absolute atomic E-state index is 6.22. The highest BCUT2D eigenvalue weighted by Crippen LogP contribution is 2.35. The molecule has 1 aliphatic rings. The smallest absolute Gasteiger partial charge is 0.164 e. The van der Waals surface area contributed by atoms with Crippen molar-refractivity contribution in [2.75, 3.05) is 13.6 Å². The van der Waals surface area contributed by atoms with Gasteiger partial charge in [-0.3, -0.25) is 0 Å². The highest BCUT2D eigenvalue weighted by Gasteiger charge is 2.26. The number of benzene rings is 2.